The summed E-state index contributed by atoms with van der Waals surface area (Å²) in [5.74, 6) is 1.24. The van der Waals surface area contributed by atoms with E-state index >= 15 is 0 Å². The van der Waals surface area contributed by atoms with Gasteiger partial charge in [-0.15, -0.1) is 11.3 Å². The Hall–Kier alpha value is -2.14. The number of aromatic nitrogens is 2. The molecule has 0 bridgehead atoms. The number of hydrogen-bond acceptors (Lipinski definition) is 5. The molecule has 0 amide bonds. The lowest BCUT2D eigenvalue weighted by molar-refractivity contribution is 0.424. The van der Waals surface area contributed by atoms with Crippen LogP contribution in [0.2, 0.25) is 0 Å². The first-order chi connectivity index (χ1) is 9.61. The Morgan fingerprint density at radius 2 is 2.10 bits per heavy atom. The molecule has 2 heterocycles. The van der Waals surface area contributed by atoms with Crippen LogP contribution in [0.4, 0.5) is 5.00 Å². The van der Waals surface area contributed by atoms with E-state index in [0.29, 0.717) is 18.1 Å². The number of aryl methyl sites for hydroxylation is 2. The van der Waals surface area contributed by atoms with Gasteiger partial charge in [0.1, 0.15) is 0 Å². The summed E-state index contributed by atoms with van der Waals surface area (Å²) in [5.41, 5.74) is 9.27. The van der Waals surface area contributed by atoms with Crippen molar-refractivity contribution in [1.82, 2.24) is 10.1 Å². The van der Waals surface area contributed by atoms with Crippen LogP contribution in [0.1, 0.15) is 22.5 Å². The van der Waals surface area contributed by atoms with Crippen molar-refractivity contribution in [3.8, 4) is 10.8 Å². The lowest BCUT2D eigenvalue weighted by Gasteiger charge is -1.97. The molecular formula is C15H15N3OS. The van der Waals surface area contributed by atoms with Crippen LogP contribution in [-0.4, -0.2) is 10.1 Å². The average Bonchev–Trinajstić information content (AvgIpc) is 2.96. The van der Waals surface area contributed by atoms with Gasteiger partial charge in [-0.05, 0) is 31.0 Å². The van der Waals surface area contributed by atoms with Crippen molar-refractivity contribution in [2.75, 3.05) is 5.73 Å². The second kappa shape index (κ2) is 5.09. The van der Waals surface area contributed by atoms with Gasteiger partial charge in [0.15, 0.2) is 5.82 Å². The summed E-state index contributed by atoms with van der Waals surface area (Å²) in [5, 5.41) is 4.81. The Morgan fingerprint density at radius 3 is 2.80 bits per heavy atom. The standard InChI is InChI=1S/C15H15N3OS/c1-9-4-3-5-11(6-9)8-13-17-15(19-18-13)14-10(2)7-12(16)20-14/h3-7H,8,16H2,1-2H3. The SMILES string of the molecule is Cc1cccc(Cc2noc(-c3sc(N)cc3C)n2)c1. The maximum atomic E-state index is 5.79. The zero-order valence-corrected chi connectivity index (χ0v) is 12.2. The zero-order valence-electron chi connectivity index (χ0n) is 11.4. The van der Waals surface area contributed by atoms with E-state index in [1.54, 1.807) is 0 Å². The quantitative estimate of drug-likeness (QED) is 0.798. The molecule has 102 valence electrons. The molecule has 0 unspecified atom stereocenters. The third kappa shape index (κ3) is 2.58. The molecule has 0 spiro atoms. The van der Waals surface area contributed by atoms with Crippen molar-refractivity contribution >= 4 is 16.3 Å². The lowest BCUT2D eigenvalue weighted by atomic mass is 10.1. The molecule has 0 saturated heterocycles. The number of nitrogen functional groups attached to an aromatic ring is 1. The summed E-state index contributed by atoms with van der Waals surface area (Å²) in [6.07, 6.45) is 0.672. The molecule has 2 aromatic heterocycles. The maximum absolute atomic E-state index is 5.79. The van der Waals surface area contributed by atoms with E-state index < -0.39 is 0 Å². The van der Waals surface area contributed by atoms with E-state index in [2.05, 4.69) is 35.3 Å². The summed E-state index contributed by atoms with van der Waals surface area (Å²) in [6, 6.07) is 10.2. The van der Waals surface area contributed by atoms with E-state index in [1.807, 2.05) is 19.1 Å². The van der Waals surface area contributed by atoms with Gasteiger partial charge in [0, 0.05) is 6.42 Å². The number of hydrogen-bond donors (Lipinski definition) is 1. The van der Waals surface area contributed by atoms with Gasteiger partial charge in [-0.3, -0.25) is 0 Å². The van der Waals surface area contributed by atoms with Crippen molar-refractivity contribution in [2.24, 2.45) is 0 Å². The van der Waals surface area contributed by atoms with E-state index in [0.717, 1.165) is 15.4 Å². The number of thiophene rings is 1. The minimum absolute atomic E-state index is 0.548. The first-order valence-electron chi connectivity index (χ1n) is 6.36. The van der Waals surface area contributed by atoms with Crippen LogP contribution < -0.4 is 5.73 Å². The Kier molecular flexibility index (Phi) is 3.28. The molecule has 0 fully saturated rings. The van der Waals surface area contributed by atoms with Gasteiger partial charge < -0.3 is 10.3 Å². The second-order valence-corrected chi connectivity index (χ2v) is 5.93. The molecule has 20 heavy (non-hydrogen) atoms. The molecule has 3 rings (SSSR count). The van der Waals surface area contributed by atoms with Crippen molar-refractivity contribution in [3.05, 3.63) is 52.8 Å². The van der Waals surface area contributed by atoms with Crippen LogP contribution in [0, 0.1) is 13.8 Å². The highest BCUT2D eigenvalue weighted by molar-refractivity contribution is 7.19. The van der Waals surface area contributed by atoms with Gasteiger partial charge in [-0.2, -0.15) is 4.98 Å². The first-order valence-corrected chi connectivity index (χ1v) is 7.18. The van der Waals surface area contributed by atoms with E-state index in [4.69, 9.17) is 10.3 Å². The predicted octanol–water partition coefficient (Wildman–Crippen LogP) is 3.59. The van der Waals surface area contributed by atoms with E-state index in [1.165, 1.54) is 22.5 Å². The maximum Gasteiger partial charge on any atom is 0.268 e. The fraction of sp³-hybridized carbons (Fsp3) is 0.200. The molecule has 0 saturated carbocycles. The zero-order chi connectivity index (χ0) is 14.1. The minimum atomic E-state index is 0.548. The van der Waals surface area contributed by atoms with Crippen molar-refractivity contribution in [2.45, 2.75) is 20.3 Å². The van der Waals surface area contributed by atoms with Crippen molar-refractivity contribution in [3.63, 3.8) is 0 Å². The van der Waals surface area contributed by atoms with Gasteiger partial charge >= 0.3 is 0 Å². The van der Waals surface area contributed by atoms with Crippen LogP contribution >= 0.6 is 11.3 Å². The number of rotatable bonds is 3. The molecule has 4 nitrogen and oxygen atoms in total. The smallest absolute Gasteiger partial charge is 0.268 e. The molecule has 1 aromatic carbocycles. The molecule has 0 aliphatic carbocycles. The Bertz CT molecular complexity index is 745. The van der Waals surface area contributed by atoms with Crippen molar-refractivity contribution in [1.29, 1.82) is 0 Å². The van der Waals surface area contributed by atoms with Gasteiger partial charge in [-0.1, -0.05) is 35.0 Å². The number of benzene rings is 1. The lowest BCUT2D eigenvalue weighted by Crippen LogP contribution is -1.91. The molecule has 2 N–H and O–H groups in total. The van der Waals surface area contributed by atoms with Crippen molar-refractivity contribution < 1.29 is 4.52 Å². The fourth-order valence-corrected chi connectivity index (χ4v) is 3.00. The fourth-order valence-electron chi connectivity index (χ4n) is 2.14. The Balaban J connectivity index is 1.85. The number of nitrogens with zero attached hydrogens (tertiary/aromatic N) is 2. The molecule has 0 radical (unpaired) electrons. The highest BCUT2D eigenvalue weighted by atomic mass is 32.1. The van der Waals surface area contributed by atoms with Gasteiger partial charge in [0.25, 0.3) is 5.89 Å². The Labute approximate surface area is 121 Å². The highest BCUT2D eigenvalue weighted by Crippen LogP contribution is 2.32. The summed E-state index contributed by atoms with van der Waals surface area (Å²) in [7, 11) is 0. The highest BCUT2D eigenvalue weighted by Gasteiger charge is 2.14. The van der Waals surface area contributed by atoms with E-state index in [9.17, 15) is 0 Å². The molecule has 5 heteroatoms. The molecule has 0 atom stereocenters. The number of nitrogens with two attached hydrogens (primary N) is 1. The first kappa shape index (κ1) is 12.9. The number of anilines is 1. The third-order valence-corrected chi connectivity index (χ3v) is 4.10. The topological polar surface area (TPSA) is 64.9 Å². The van der Waals surface area contributed by atoms with Gasteiger partial charge in [-0.25, -0.2) is 0 Å². The molecular weight excluding hydrogens is 270 g/mol. The second-order valence-electron chi connectivity index (χ2n) is 4.84. The predicted molar refractivity (Wildman–Crippen MR) is 80.7 cm³/mol. The van der Waals surface area contributed by atoms with Gasteiger partial charge in [0.05, 0.1) is 9.88 Å². The van der Waals surface area contributed by atoms with Crippen LogP contribution in [0.15, 0.2) is 34.9 Å². The summed E-state index contributed by atoms with van der Waals surface area (Å²) < 4.78 is 5.34. The summed E-state index contributed by atoms with van der Waals surface area (Å²) >= 11 is 1.47. The average molecular weight is 285 g/mol. The van der Waals surface area contributed by atoms with Crippen LogP contribution in [0.25, 0.3) is 10.8 Å². The molecule has 0 aliphatic heterocycles. The molecule has 3 aromatic rings. The van der Waals surface area contributed by atoms with Crippen LogP contribution in [0.5, 0.6) is 0 Å². The summed E-state index contributed by atoms with van der Waals surface area (Å²) in [4.78, 5) is 5.41. The normalized spacial score (nSPS) is 10.9. The monoisotopic (exact) mass is 285 g/mol. The van der Waals surface area contributed by atoms with Crippen LogP contribution in [0.3, 0.4) is 0 Å². The summed E-state index contributed by atoms with van der Waals surface area (Å²) in [6.45, 7) is 4.07. The van der Waals surface area contributed by atoms with Crippen LogP contribution in [-0.2, 0) is 6.42 Å². The van der Waals surface area contributed by atoms with E-state index in [-0.39, 0.29) is 0 Å². The third-order valence-electron chi connectivity index (χ3n) is 3.04. The largest absolute Gasteiger partial charge is 0.391 e. The minimum Gasteiger partial charge on any atom is -0.391 e. The van der Waals surface area contributed by atoms with Gasteiger partial charge in [0.2, 0.25) is 0 Å². The Morgan fingerprint density at radius 1 is 1.25 bits per heavy atom. The molecule has 0 aliphatic rings.